The maximum atomic E-state index is 6.52. The van der Waals surface area contributed by atoms with Gasteiger partial charge in [-0.3, -0.25) is 0 Å². The summed E-state index contributed by atoms with van der Waals surface area (Å²) in [6.45, 7) is 0. The fraction of sp³-hybridized carbons (Fsp3) is 0. The molecule has 2 heterocycles. The van der Waals surface area contributed by atoms with Gasteiger partial charge >= 0.3 is 0 Å². The van der Waals surface area contributed by atoms with Crippen LogP contribution in [0.1, 0.15) is 0 Å². The largest absolute Gasteiger partial charge is 0.455 e. The topological polar surface area (TPSA) is 16.4 Å². The molecule has 0 spiro atoms. The maximum absolute atomic E-state index is 6.52. The van der Waals surface area contributed by atoms with E-state index in [0.29, 0.717) is 0 Å². The van der Waals surface area contributed by atoms with Crippen LogP contribution in [0.25, 0.3) is 108 Å². The number of nitrogens with zero attached hydrogens (tertiary/aromatic N) is 1. The van der Waals surface area contributed by atoms with Crippen molar-refractivity contribution >= 4 is 92.1 Å². The molecule has 0 aliphatic carbocycles. The van der Waals surface area contributed by atoms with Crippen molar-refractivity contribution in [3.8, 4) is 44.5 Å². The van der Waals surface area contributed by atoms with E-state index < -0.39 is 0 Å². The van der Waals surface area contributed by atoms with Gasteiger partial charge < -0.3 is 9.32 Å². The average molecular weight is 846 g/mol. The second kappa shape index (κ2) is 15.2. The lowest BCUT2D eigenvalue weighted by atomic mass is 9.97. The minimum atomic E-state index is 0.891. The van der Waals surface area contributed by atoms with Crippen LogP contribution in [-0.2, 0) is 0 Å². The number of anilines is 3. The molecular formula is C62H39NOS. The van der Waals surface area contributed by atoms with Crippen LogP contribution in [0.5, 0.6) is 0 Å². The fourth-order valence-electron chi connectivity index (χ4n) is 9.82. The van der Waals surface area contributed by atoms with Gasteiger partial charge in [0.2, 0.25) is 0 Å². The van der Waals surface area contributed by atoms with E-state index in [1.54, 1.807) is 0 Å². The van der Waals surface area contributed by atoms with Crippen LogP contribution >= 0.6 is 11.3 Å². The lowest BCUT2D eigenvalue weighted by Gasteiger charge is -2.26. The van der Waals surface area contributed by atoms with Crippen molar-refractivity contribution in [2.45, 2.75) is 0 Å². The average Bonchev–Trinajstić information content (AvgIpc) is 3.96. The Bertz CT molecular complexity index is 3920. The molecule has 0 radical (unpaired) electrons. The molecule has 2 nitrogen and oxygen atoms in total. The summed E-state index contributed by atoms with van der Waals surface area (Å²) in [6.07, 6.45) is 0. The zero-order valence-electron chi connectivity index (χ0n) is 35.3. The van der Waals surface area contributed by atoms with Crippen LogP contribution in [0, 0.1) is 0 Å². The number of para-hydroxylation sites is 1. The summed E-state index contributed by atoms with van der Waals surface area (Å²) in [6, 6.07) is 85.9. The highest BCUT2D eigenvalue weighted by molar-refractivity contribution is 7.26. The molecule has 304 valence electrons. The number of furan rings is 1. The zero-order valence-corrected chi connectivity index (χ0v) is 36.1. The number of thiophene rings is 1. The van der Waals surface area contributed by atoms with E-state index in [4.69, 9.17) is 4.42 Å². The third-order valence-electron chi connectivity index (χ3n) is 13.1. The van der Waals surface area contributed by atoms with E-state index in [9.17, 15) is 0 Å². The van der Waals surface area contributed by atoms with E-state index in [1.807, 2.05) is 17.4 Å². The lowest BCUT2D eigenvalue weighted by Crippen LogP contribution is -2.09. The Hall–Kier alpha value is -8.24. The highest BCUT2D eigenvalue weighted by atomic mass is 32.1. The Morgan fingerprint density at radius 2 is 0.815 bits per heavy atom. The molecular weight excluding hydrogens is 807 g/mol. The molecule has 0 saturated carbocycles. The van der Waals surface area contributed by atoms with Crippen molar-refractivity contribution in [1.29, 1.82) is 0 Å². The first-order valence-electron chi connectivity index (χ1n) is 22.1. The van der Waals surface area contributed by atoms with Crippen LogP contribution in [0.15, 0.2) is 241 Å². The molecule has 65 heavy (non-hydrogen) atoms. The van der Waals surface area contributed by atoms with Gasteiger partial charge in [-0.05, 0) is 121 Å². The van der Waals surface area contributed by atoms with E-state index >= 15 is 0 Å². The smallest absolute Gasteiger partial charge is 0.143 e. The van der Waals surface area contributed by atoms with Crippen molar-refractivity contribution in [2.24, 2.45) is 0 Å². The zero-order chi connectivity index (χ0) is 42.8. The summed E-state index contributed by atoms with van der Waals surface area (Å²) < 4.78 is 9.16. The van der Waals surface area contributed by atoms with E-state index in [-0.39, 0.29) is 0 Å². The summed E-state index contributed by atoms with van der Waals surface area (Å²) in [4.78, 5) is 2.36. The molecule has 13 rings (SSSR count). The minimum absolute atomic E-state index is 0.891. The van der Waals surface area contributed by atoms with E-state index in [2.05, 4.69) is 235 Å². The summed E-state index contributed by atoms with van der Waals surface area (Å²) in [7, 11) is 0. The second-order valence-electron chi connectivity index (χ2n) is 16.8. The first kappa shape index (κ1) is 37.3. The highest BCUT2D eigenvalue weighted by Gasteiger charge is 2.17. The van der Waals surface area contributed by atoms with Crippen molar-refractivity contribution < 1.29 is 4.42 Å². The Morgan fingerprint density at radius 1 is 0.308 bits per heavy atom. The van der Waals surface area contributed by atoms with Gasteiger partial charge in [-0.25, -0.2) is 0 Å². The monoisotopic (exact) mass is 845 g/mol. The molecule has 3 heteroatoms. The van der Waals surface area contributed by atoms with Gasteiger partial charge in [0.1, 0.15) is 11.2 Å². The normalized spacial score (nSPS) is 11.7. The van der Waals surface area contributed by atoms with Crippen LogP contribution in [-0.4, -0.2) is 0 Å². The minimum Gasteiger partial charge on any atom is -0.455 e. The predicted molar refractivity (Wildman–Crippen MR) is 278 cm³/mol. The fourth-order valence-corrected chi connectivity index (χ4v) is 11.1. The van der Waals surface area contributed by atoms with Crippen LogP contribution in [0.3, 0.4) is 0 Å². The van der Waals surface area contributed by atoms with Crippen molar-refractivity contribution in [1.82, 2.24) is 0 Å². The molecule has 0 N–H and O–H groups in total. The summed E-state index contributed by atoms with van der Waals surface area (Å²) >= 11 is 1.87. The van der Waals surface area contributed by atoms with Gasteiger partial charge in [0.25, 0.3) is 0 Å². The summed E-state index contributed by atoms with van der Waals surface area (Å²) in [5, 5.41) is 9.93. The van der Waals surface area contributed by atoms with Crippen LogP contribution in [0.2, 0.25) is 0 Å². The predicted octanol–water partition coefficient (Wildman–Crippen LogP) is 18.4. The number of benzene rings is 11. The standard InChI is InChI=1S/C62H39NOS/c1-2-10-42(11-3-1)52-15-8-17-55-58-39-47(30-37-59(58)64-61(52)55)41-26-33-49(34-27-41)63(50-35-28-44(29-36-50)53-16-9-18-56-54-14-6-7-19-60(54)65-62(53)56)48-31-24-40(25-32-48)46-23-22-45-21-20-43-12-4-5-13-51(43)57(45)38-46/h1-39H. The number of rotatable bonds is 7. The van der Waals surface area contributed by atoms with E-state index in [0.717, 1.165) is 61.3 Å². The molecule has 0 amide bonds. The third kappa shape index (κ3) is 6.39. The van der Waals surface area contributed by atoms with Gasteiger partial charge in [0.05, 0.1) is 0 Å². The maximum Gasteiger partial charge on any atom is 0.143 e. The Balaban J connectivity index is 0.883. The van der Waals surface area contributed by atoms with Crippen molar-refractivity contribution in [3.63, 3.8) is 0 Å². The molecule has 11 aromatic carbocycles. The lowest BCUT2D eigenvalue weighted by molar-refractivity contribution is 0.670. The Kier molecular flexibility index (Phi) is 8.75. The first-order chi connectivity index (χ1) is 32.2. The summed E-state index contributed by atoms with van der Waals surface area (Å²) in [5.41, 5.74) is 14.5. The molecule has 13 aromatic rings. The Labute approximate surface area is 380 Å². The second-order valence-corrected chi connectivity index (χ2v) is 17.9. The van der Waals surface area contributed by atoms with Gasteiger partial charge in [-0.15, -0.1) is 11.3 Å². The van der Waals surface area contributed by atoms with Crippen LogP contribution < -0.4 is 4.90 Å². The van der Waals surface area contributed by atoms with Crippen molar-refractivity contribution in [3.05, 3.63) is 237 Å². The van der Waals surface area contributed by atoms with Gasteiger partial charge in [0, 0.05) is 53.6 Å². The molecule has 0 fully saturated rings. The van der Waals surface area contributed by atoms with Gasteiger partial charge in [0.15, 0.2) is 0 Å². The number of hydrogen-bond donors (Lipinski definition) is 0. The third-order valence-corrected chi connectivity index (χ3v) is 14.3. The quantitative estimate of drug-likeness (QED) is 0.149. The molecule has 0 aliphatic heterocycles. The van der Waals surface area contributed by atoms with Crippen LogP contribution in [0.4, 0.5) is 17.1 Å². The highest BCUT2D eigenvalue weighted by Crippen LogP contribution is 2.43. The number of fused-ring (bicyclic) bond motifs is 9. The number of hydrogen-bond acceptors (Lipinski definition) is 3. The molecule has 0 unspecified atom stereocenters. The first-order valence-corrected chi connectivity index (χ1v) is 23.0. The molecule has 2 aromatic heterocycles. The molecule has 0 bridgehead atoms. The molecule has 0 aliphatic rings. The molecule has 0 atom stereocenters. The van der Waals surface area contributed by atoms with Gasteiger partial charge in [-0.2, -0.15) is 0 Å². The summed E-state index contributed by atoms with van der Waals surface area (Å²) in [5.74, 6) is 0. The molecule has 0 saturated heterocycles. The van der Waals surface area contributed by atoms with E-state index in [1.165, 1.54) is 64.0 Å². The Morgan fingerprint density at radius 3 is 1.54 bits per heavy atom. The SMILES string of the molecule is c1ccc(-c2cccc3c2oc2ccc(-c4ccc(N(c5ccc(-c6ccc7ccc8ccccc8c7c6)cc5)c5ccc(-c6cccc7c6sc6ccccc67)cc5)cc4)cc23)cc1. The van der Waals surface area contributed by atoms with Crippen molar-refractivity contribution in [2.75, 3.05) is 4.90 Å². The van der Waals surface area contributed by atoms with Gasteiger partial charge in [-0.1, -0.05) is 176 Å².